The summed E-state index contributed by atoms with van der Waals surface area (Å²) in [4.78, 5) is 36.7. The van der Waals surface area contributed by atoms with Crippen molar-refractivity contribution in [1.29, 1.82) is 0 Å². The van der Waals surface area contributed by atoms with Gasteiger partial charge < -0.3 is 14.5 Å². The largest absolute Gasteiger partial charge is 0.468 e. The van der Waals surface area contributed by atoms with Crippen molar-refractivity contribution in [2.75, 3.05) is 33.3 Å². The lowest BCUT2D eigenvalue weighted by molar-refractivity contribution is -0.156. The van der Waals surface area contributed by atoms with E-state index >= 15 is 0 Å². The minimum atomic E-state index is -0.600. The standard InChI is InChI=1S/C10H15BrN2O4/c1-3-12-4-5-13(9(15)8(12)14)6-7(11)10(16)17-2/h7H,3-6H2,1-2H3. The number of amides is 2. The van der Waals surface area contributed by atoms with Gasteiger partial charge >= 0.3 is 17.8 Å². The van der Waals surface area contributed by atoms with E-state index in [2.05, 4.69) is 20.7 Å². The maximum atomic E-state index is 11.7. The summed E-state index contributed by atoms with van der Waals surface area (Å²) < 4.78 is 4.54. The Hall–Kier alpha value is -1.11. The fraction of sp³-hybridized carbons (Fsp3) is 0.700. The molecule has 1 atom stereocenters. The van der Waals surface area contributed by atoms with Gasteiger partial charge in [0.15, 0.2) is 0 Å². The monoisotopic (exact) mass is 306 g/mol. The predicted octanol–water partition coefficient (Wildman–Crippen LogP) is -0.386. The number of likely N-dealkylation sites (N-methyl/N-ethyl adjacent to an activating group) is 1. The third-order valence-electron chi connectivity index (χ3n) is 2.62. The van der Waals surface area contributed by atoms with Crippen LogP contribution in [-0.2, 0) is 19.1 Å². The first-order valence-electron chi connectivity index (χ1n) is 5.31. The minimum Gasteiger partial charge on any atom is -0.468 e. The van der Waals surface area contributed by atoms with Crippen LogP contribution in [0.25, 0.3) is 0 Å². The highest BCUT2D eigenvalue weighted by Gasteiger charge is 2.33. The molecule has 0 spiro atoms. The lowest BCUT2D eigenvalue weighted by atomic mass is 10.2. The molecular weight excluding hydrogens is 292 g/mol. The summed E-state index contributed by atoms with van der Waals surface area (Å²) >= 11 is 3.13. The van der Waals surface area contributed by atoms with E-state index in [1.54, 1.807) is 0 Å². The summed E-state index contributed by atoms with van der Waals surface area (Å²) in [5.41, 5.74) is 0. The number of esters is 1. The molecule has 0 bridgehead atoms. The number of carbonyl (C=O) groups excluding carboxylic acids is 3. The number of piperazine rings is 1. The number of halogens is 1. The number of hydrogen-bond donors (Lipinski definition) is 0. The fourth-order valence-corrected chi connectivity index (χ4v) is 2.12. The van der Waals surface area contributed by atoms with Crippen LogP contribution < -0.4 is 0 Å². The summed E-state index contributed by atoms with van der Waals surface area (Å²) in [6.45, 7) is 3.43. The van der Waals surface area contributed by atoms with Crippen LogP contribution in [0.5, 0.6) is 0 Å². The average molecular weight is 307 g/mol. The molecule has 0 radical (unpaired) electrons. The van der Waals surface area contributed by atoms with Gasteiger partial charge in [-0.1, -0.05) is 15.9 Å². The van der Waals surface area contributed by atoms with Gasteiger partial charge in [0, 0.05) is 26.2 Å². The minimum absolute atomic E-state index is 0.148. The third-order valence-corrected chi connectivity index (χ3v) is 3.28. The molecule has 1 aliphatic rings. The molecule has 1 heterocycles. The van der Waals surface area contributed by atoms with Crippen LogP contribution in [-0.4, -0.2) is 65.7 Å². The first-order chi connectivity index (χ1) is 8.01. The molecule has 0 N–H and O–H groups in total. The van der Waals surface area contributed by atoms with Gasteiger partial charge in [-0.05, 0) is 6.92 Å². The van der Waals surface area contributed by atoms with Crippen molar-refractivity contribution in [3.05, 3.63) is 0 Å². The molecule has 0 aromatic carbocycles. The highest BCUT2D eigenvalue weighted by atomic mass is 79.9. The summed E-state index contributed by atoms with van der Waals surface area (Å²) in [6, 6.07) is 0. The quantitative estimate of drug-likeness (QED) is 0.403. The Morgan fingerprint density at radius 1 is 1.35 bits per heavy atom. The van der Waals surface area contributed by atoms with Gasteiger partial charge in [0.25, 0.3) is 0 Å². The number of ether oxygens (including phenoxy) is 1. The second kappa shape index (κ2) is 6.00. The molecular formula is C10H15BrN2O4. The normalized spacial score (nSPS) is 18.3. The van der Waals surface area contributed by atoms with E-state index in [-0.39, 0.29) is 6.54 Å². The van der Waals surface area contributed by atoms with Gasteiger partial charge in [-0.15, -0.1) is 0 Å². The Morgan fingerprint density at radius 2 is 1.88 bits per heavy atom. The van der Waals surface area contributed by atoms with Crippen molar-refractivity contribution in [2.45, 2.75) is 11.8 Å². The smallest absolute Gasteiger partial charge is 0.321 e. The maximum absolute atomic E-state index is 11.7. The Morgan fingerprint density at radius 3 is 2.41 bits per heavy atom. The molecule has 6 nitrogen and oxygen atoms in total. The maximum Gasteiger partial charge on any atom is 0.321 e. The van der Waals surface area contributed by atoms with Crippen LogP contribution in [0.4, 0.5) is 0 Å². The molecule has 1 saturated heterocycles. The fourth-order valence-electron chi connectivity index (χ4n) is 1.59. The highest BCUT2D eigenvalue weighted by molar-refractivity contribution is 9.10. The van der Waals surface area contributed by atoms with Crippen LogP contribution in [0.15, 0.2) is 0 Å². The highest BCUT2D eigenvalue weighted by Crippen LogP contribution is 2.10. The van der Waals surface area contributed by atoms with Gasteiger partial charge in [-0.2, -0.15) is 0 Å². The molecule has 1 rings (SSSR count). The lowest BCUT2D eigenvalue weighted by Gasteiger charge is -2.33. The van der Waals surface area contributed by atoms with Crippen molar-refractivity contribution < 1.29 is 19.1 Å². The number of nitrogens with zero attached hydrogens (tertiary/aromatic N) is 2. The molecule has 1 fully saturated rings. The summed E-state index contributed by atoms with van der Waals surface area (Å²) in [6.07, 6.45) is 0. The van der Waals surface area contributed by atoms with E-state index in [9.17, 15) is 14.4 Å². The second-order valence-corrected chi connectivity index (χ2v) is 4.73. The van der Waals surface area contributed by atoms with Crippen molar-refractivity contribution in [3.63, 3.8) is 0 Å². The number of methoxy groups -OCH3 is 1. The summed E-state index contributed by atoms with van der Waals surface area (Å²) in [5, 5.41) is 0. The zero-order valence-electron chi connectivity index (χ0n) is 9.81. The van der Waals surface area contributed by atoms with Crippen molar-refractivity contribution in [2.24, 2.45) is 0 Å². The molecule has 0 saturated carbocycles. The molecule has 1 aliphatic heterocycles. The van der Waals surface area contributed by atoms with E-state index < -0.39 is 22.6 Å². The SMILES string of the molecule is CCN1CCN(CC(Br)C(=O)OC)C(=O)C1=O. The number of rotatable bonds is 4. The van der Waals surface area contributed by atoms with Gasteiger partial charge in [-0.3, -0.25) is 14.4 Å². The summed E-state index contributed by atoms with van der Waals surface area (Å²) in [5.74, 6) is -1.53. The first-order valence-corrected chi connectivity index (χ1v) is 6.22. The lowest BCUT2D eigenvalue weighted by Crippen LogP contribution is -2.55. The molecule has 0 aliphatic carbocycles. The van der Waals surface area contributed by atoms with E-state index in [1.807, 2.05) is 6.92 Å². The van der Waals surface area contributed by atoms with Gasteiger partial charge in [0.1, 0.15) is 4.83 Å². The molecule has 17 heavy (non-hydrogen) atoms. The van der Waals surface area contributed by atoms with Crippen LogP contribution in [0.3, 0.4) is 0 Å². The number of carbonyl (C=O) groups is 3. The topological polar surface area (TPSA) is 66.9 Å². The van der Waals surface area contributed by atoms with Crippen molar-refractivity contribution in [1.82, 2.24) is 9.80 Å². The van der Waals surface area contributed by atoms with Gasteiger partial charge in [0.2, 0.25) is 0 Å². The Labute approximate surface area is 108 Å². The molecule has 0 aromatic rings. The van der Waals surface area contributed by atoms with Crippen LogP contribution in [0.1, 0.15) is 6.92 Å². The van der Waals surface area contributed by atoms with Crippen molar-refractivity contribution >= 4 is 33.7 Å². The van der Waals surface area contributed by atoms with E-state index in [0.29, 0.717) is 19.6 Å². The van der Waals surface area contributed by atoms with Gasteiger partial charge in [-0.25, -0.2) is 0 Å². The summed E-state index contributed by atoms with van der Waals surface area (Å²) in [7, 11) is 1.28. The zero-order valence-corrected chi connectivity index (χ0v) is 11.4. The second-order valence-electron chi connectivity index (χ2n) is 3.63. The molecule has 7 heteroatoms. The molecule has 2 amide bonds. The Kier molecular flexibility index (Phi) is 4.92. The first kappa shape index (κ1) is 14.0. The Balaban J connectivity index is 2.60. The van der Waals surface area contributed by atoms with E-state index in [1.165, 1.54) is 16.9 Å². The van der Waals surface area contributed by atoms with Crippen molar-refractivity contribution in [3.8, 4) is 0 Å². The average Bonchev–Trinajstić information content (AvgIpc) is 2.34. The number of alkyl halides is 1. The molecule has 1 unspecified atom stereocenters. The predicted molar refractivity (Wildman–Crippen MR) is 63.6 cm³/mol. The third kappa shape index (κ3) is 3.18. The zero-order chi connectivity index (χ0) is 13.0. The van der Waals surface area contributed by atoms with E-state index in [4.69, 9.17) is 0 Å². The van der Waals surface area contributed by atoms with Crippen LogP contribution in [0, 0.1) is 0 Å². The van der Waals surface area contributed by atoms with Crippen LogP contribution in [0.2, 0.25) is 0 Å². The van der Waals surface area contributed by atoms with E-state index in [0.717, 1.165) is 0 Å². The number of hydrogen-bond acceptors (Lipinski definition) is 4. The van der Waals surface area contributed by atoms with Gasteiger partial charge in [0.05, 0.1) is 7.11 Å². The Bertz CT molecular complexity index is 334. The molecule has 96 valence electrons. The van der Waals surface area contributed by atoms with Crippen LogP contribution >= 0.6 is 15.9 Å². The molecule has 0 aromatic heterocycles.